The molecule has 0 bridgehead atoms. The van der Waals surface area contributed by atoms with Crippen LogP contribution >= 0.6 is 0 Å². The Balaban J connectivity index is 2.17. The maximum atomic E-state index is 5.22. The molecule has 0 unspecified atom stereocenters. The molecule has 1 rings (SSSR count). The largest absolute Gasteiger partial charge is 0.361 e. The molecule has 0 saturated carbocycles. The van der Waals surface area contributed by atoms with E-state index in [0.717, 1.165) is 37.5 Å². The van der Waals surface area contributed by atoms with Crippen LogP contribution in [-0.4, -0.2) is 37.2 Å². The molecule has 16 heavy (non-hydrogen) atoms. The molecule has 4 heteroatoms. The second kappa shape index (κ2) is 6.66. The van der Waals surface area contributed by atoms with Gasteiger partial charge in [0.1, 0.15) is 5.76 Å². The summed E-state index contributed by atoms with van der Waals surface area (Å²) in [4.78, 5) is 2.19. The number of nitrogens with one attached hydrogen (secondary N) is 1. The Hall–Kier alpha value is -0.870. The summed E-state index contributed by atoms with van der Waals surface area (Å²) in [6.45, 7) is 7.14. The zero-order valence-electron chi connectivity index (χ0n) is 10.8. The van der Waals surface area contributed by atoms with Gasteiger partial charge in [0.15, 0.2) is 0 Å². The lowest BCUT2D eigenvalue weighted by molar-refractivity contribution is 0.362. The summed E-state index contributed by atoms with van der Waals surface area (Å²) in [7, 11) is 4.18. The third kappa shape index (κ3) is 4.77. The molecular weight excluding hydrogens is 202 g/mol. The van der Waals surface area contributed by atoms with Crippen molar-refractivity contribution in [1.29, 1.82) is 0 Å². The molecule has 0 fully saturated rings. The second-order valence-corrected chi connectivity index (χ2v) is 4.71. The van der Waals surface area contributed by atoms with Crippen molar-refractivity contribution >= 4 is 0 Å². The smallest absolute Gasteiger partial charge is 0.139 e. The number of hydrogen-bond donors (Lipinski definition) is 1. The molecule has 0 spiro atoms. The van der Waals surface area contributed by atoms with Crippen molar-refractivity contribution in [3.63, 3.8) is 0 Å². The molecule has 1 aromatic heterocycles. The predicted octanol–water partition coefficient (Wildman–Crippen LogP) is 1.84. The summed E-state index contributed by atoms with van der Waals surface area (Å²) in [6.07, 6.45) is 1.15. The monoisotopic (exact) mass is 225 g/mol. The van der Waals surface area contributed by atoms with Gasteiger partial charge in [0.25, 0.3) is 0 Å². The highest BCUT2D eigenvalue weighted by Crippen LogP contribution is 2.14. The van der Waals surface area contributed by atoms with Crippen LogP contribution in [0.5, 0.6) is 0 Å². The zero-order chi connectivity index (χ0) is 12.0. The van der Waals surface area contributed by atoms with Crippen LogP contribution in [0.4, 0.5) is 0 Å². The third-order valence-corrected chi connectivity index (χ3v) is 2.41. The summed E-state index contributed by atoms with van der Waals surface area (Å²) in [5.74, 6) is 1.38. The van der Waals surface area contributed by atoms with Gasteiger partial charge in [-0.05, 0) is 33.6 Å². The molecule has 0 aromatic carbocycles. The first-order chi connectivity index (χ1) is 7.59. The maximum Gasteiger partial charge on any atom is 0.139 e. The molecule has 0 aliphatic rings. The number of hydrogen-bond acceptors (Lipinski definition) is 4. The first kappa shape index (κ1) is 13.2. The van der Waals surface area contributed by atoms with Gasteiger partial charge >= 0.3 is 0 Å². The van der Waals surface area contributed by atoms with E-state index in [9.17, 15) is 0 Å². The van der Waals surface area contributed by atoms with Crippen LogP contribution in [0, 0.1) is 0 Å². The lowest BCUT2D eigenvalue weighted by atomic mass is 10.1. The molecule has 0 atom stereocenters. The van der Waals surface area contributed by atoms with Crippen LogP contribution in [0.25, 0.3) is 0 Å². The van der Waals surface area contributed by atoms with Gasteiger partial charge < -0.3 is 14.7 Å². The van der Waals surface area contributed by atoms with E-state index in [2.05, 4.69) is 43.3 Å². The molecule has 4 nitrogen and oxygen atoms in total. The van der Waals surface area contributed by atoms with E-state index >= 15 is 0 Å². The van der Waals surface area contributed by atoms with Crippen LogP contribution in [0.15, 0.2) is 10.6 Å². The Kier molecular flexibility index (Phi) is 5.49. The van der Waals surface area contributed by atoms with E-state index in [1.807, 2.05) is 6.07 Å². The van der Waals surface area contributed by atoms with Crippen LogP contribution < -0.4 is 5.32 Å². The summed E-state index contributed by atoms with van der Waals surface area (Å²) in [5.41, 5.74) is 0.994. The fraction of sp³-hybridized carbons (Fsp3) is 0.750. The predicted molar refractivity (Wildman–Crippen MR) is 65.5 cm³/mol. The van der Waals surface area contributed by atoms with Crippen molar-refractivity contribution < 1.29 is 4.52 Å². The maximum absolute atomic E-state index is 5.22. The highest BCUT2D eigenvalue weighted by atomic mass is 16.5. The minimum absolute atomic E-state index is 0.412. The van der Waals surface area contributed by atoms with Crippen molar-refractivity contribution in [3.8, 4) is 0 Å². The van der Waals surface area contributed by atoms with Crippen molar-refractivity contribution in [3.05, 3.63) is 17.5 Å². The summed E-state index contributed by atoms with van der Waals surface area (Å²) in [6, 6.07) is 2.03. The van der Waals surface area contributed by atoms with Gasteiger partial charge in [-0.15, -0.1) is 0 Å². The van der Waals surface area contributed by atoms with Crippen molar-refractivity contribution in [1.82, 2.24) is 15.4 Å². The molecule has 0 aliphatic carbocycles. The number of nitrogens with zero attached hydrogens (tertiary/aromatic N) is 2. The normalized spacial score (nSPS) is 11.6. The summed E-state index contributed by atoms with van der Waals surface area (Å²) < 4.78 is 5.22. The Bertz CT molecular complexity index is 294. The van der Waals surface area contributed by atoms with E-state index in [-0.39, 0.29) is 0 Å². The van der Waals surface area contributed by atoms with Crippen LogP contribution in [0.2, 0.25) is 0 Å². The van der Waals surface area contributed by atoms with Crippen molar-refractivity contribution in [2.24, 2.45) is 0 Å². The molecule has 1 heterocycles. The Morgan fingerprint density at radius 1 is 1.44 bits per heavy atom. The standard InChI is InChI=1S/C12H23N3O/c1-10(2)12-8-11(14-16-12)9-13-6-5-7-15(3)4/h8,10,13H,5-7,9H2,1-4H3. The van der Waals surface area contributed by atoms with Gasteiger partial charge in [-0.25, -0.2) is 0 Å². The topological polar surface area (TPSA) is 41.3 Å². The first-order valence-electron chi connectivity index (χ1n) is 5.90. The number of aromatic nitrogens is 1. The van der Waals surface area contributed by atoms with E-state index < -0.39 is 0 Å². The van der Waals surface area contributed by atoms with E-state index in [1.165, 1.54) is 0 Å². The molecule has 0 amide bonds. The lowest BCUT2D eigenvalue weighted by Gasteiger charge is -2.08. The van der Waals surface area contributed by atoms with Crippen molar-refractivity contribution in [2.75, 3.05) is 27.2 Å². The van der Waals surface area contributed by atoms with Gasteiger partial charge in [0, 0.05) is 18.5 Å². The summed E-state index contributed by atoms with van der Waals surface area (Å²) >= 11 is 0. The highest BCUT2D eigenvalue weighted by Gasteiger charge is 2.06. The van der Waals surface area contributed by atoms with E-state index in [4.69, 9.17) is 4.52 Å². The van der Waals surface area contributed by atoms with Gasteiger partial charge in [0.2, 0.25) is 0 Å². The molecular formula is C12H23N3O. The zero-order valence-corrected chi connectivity index (χ0v) is 10.8. The molecule has 92 valence electrons. The van der Waals surface area contributed by atoms with Crippen molar-refractivity contribution in [2.45, 2.75) is 32.7 Å². The summed E-state index contributed by atoms with van der Waals surface area (Å²) in [5, 5.41) is 7.38. The van der Waals surface area contributed by atoms with E-state index in [1.54, 1.807) is 0 Å². The van der Waals surface area contributed by atoms with Crippen LogP contribution in [-0.2, 0) is 6.54 Å². The first-order valence-corrected chi connectivity index (χ1v) is 5.90. The fourth-order valence-corrected chi connectivity index (χ4v) is 1.42. The molecule has 1 aromatic rings. The Morgan fingerprint density at radius 3 is 2.75 bits per heavy atom. The Morgan fingerprint density at radius 2 is 2.19 bits per heavy atom. The molecule has 0 radical (unpaired) electrons. The Labute approximate surface area is 98.0 Å². The highest BCUT2D eigenvalue weighted by molar-refractivity contribution is 5.08. The van der Waals surface area contributed by atoms with E-state index in [0.29, 0.717) is 5.92 Å². The van der Waals surface area contributed by atoms with Gasteiger partial charge in [-0.3, -0.25) is 0 Å². The van der Waals surface area contributed by atoms with Gasteiger partial charge in [-0.1, -0.05) is 19.0 Å². The average Bonchev–Trinajstić information content (AvgIpc) is 2.65. The minimum atomic E-state index is 0.412. The quantitative estimate of drug-likeness (QED) is 0.719. The third-order valence-electron chi connectivity index (χ3n) is 2.41. The molecule has 0 aliphatic heterocycles. The average molecular weight is 225 g/mol. The lowest BCUT2D eigenvalue weighted by Crippen LogP contribution is -2.21. The SMILES string of the molecule is CC(C)c1cc(CNCCCN(C)C)no1. The molecule has 1 N–H and O–H groups in total. The fourth-order valence-electron chi connectivity index (χ4n) is 1.42. The molecule has 0 saturated heterocycles. The number of rotatable bonds is 7. The van der Waals surface area contributed by atoms with Gasteiger partial charge in [-0.2, -0.15) is 0 Å². The minimum Gasteiger partial charge on any atom is -0.361 e. The van der Waals surface area contributed by atoms with Gasteiger partial charge in [0.05, 0.1) is 5.69 Å². The second-order valence-electron chi connectivity index (χ2n) is 4.71. The van der Waals surface area contributed by atoms with Crippen LogP contribution in [0.1, 0.15) is 37.6 Å². The van der Waals surface area contributed by atoms with Crippen LogP contribution in [0.3, 0.4) is 0 Å².